The molecule has 26 heavy (non-hydrogen) atoms. The first-order chi connectivity index (χ1) is 12.4. The summed E-state index contributed by atoms with van der Waals surface area (Å²) >= 11 is 0. The van der Waals surface area contributed by atoms with Crippen LogP contribution in [0.1, 0.15) is 15.9 Å². The Morgan fingerprint density at radius 1 is 0.885 bits per heavy atom. The number of aryl methyl sites for hydroxylation is 1. The summed E-state index contributed by atoms with van der Waals surface area (Å²) in [5.74, 6) is -2.03. The number of nitrogens with zero attached hydrogens (tertiary/aromatic N) is 1. The molecule has 0 saturated heterocycles. The Hall–Kier alpha value is -3.35. The maximum absolute atomic E-state index is 12.4. The zero-order valence-electron chi connectivity index (χ0n) is 14.9. The van der Waals surface area contributed by atoms with E-state index in [1.54, 1.807) is 36.6 Å². The van der Waals surface area contributed by atoms with Crippen molar-refractivity contribution < 1.29 is 28.6 Å². The monoisotopic (exact) mass is 357 g/mol. The number of carbonyl (C=O) groups is 3. The highest BCUT2D eigenvalue weighted by Crippen LogP contribution is 2.30. The van der Waals surface area contributed by atoms with Crippen LogP contribution in [0.3, 0.4) is 0 Å². The number of benzene rings is 1. The van der Waals surface area contributed by atoms with Crippen molar-refractivity contribution >= 4 is 23.6 Å². The van der Waals surface area contributed by atoms with E-state index in [2.05, 4.69) is 0 Å². The quantitative estimate of drug-likeness (QED) is 0.604. The van der Waals surface area contributed by atoms with Gasteiger partial charge < -0.3 is 19.1 Å². The molecular weight excluding hydrogens is 338 g/mol. The fraction of sp³-hybridized carbons (Fsp3) is 0.211. The van der Waals surface area contributed by atoms with Gasteiger partial charge in [-0.15, -0.1) is 0 Å². The van der Waals surface area contributed by atoms with E-state index in [4.69, 9.17) is 14.2 Å². The van der Waals surface area contributed by atoms with Gasteiger partial charge in [-0.1, -0.05) is 17.7 Å². The summed E-state index contributed by atoms with van der Waals surface area (Å²) in [6.07, 6.45) is 6.21. The van der Waals surface area contributed by atoms with Gasteiger partial charge in [-0.05, 0) is 31.2 Å². The number of esters is 3. The molecule has 0 saturated carbocycles. The molecule has 0 spiro atoms. The van der Waals surface area contributed by atoms with Gasteiger partial charge in [0.25, 0.3) is 0 Å². The van der Waals surface area contributed by atoms with Crippen LogP contribution in [0, 0.1) is 6.92 Å². The van der Waals surface area contributed by atoms with Crippen LogP contribution < -0.4 is 4.90 Å². The molecule has 1 aromatic rings. The average Bonchev–Trinajstić information content (AvgIpc) is 2.88. The van der Waals surface area contributed by atoms with Crippen LogP contribution in [0.2, 0.25) is 0 Å². The molecule has 7 heteroatoms. The Kier molecular flexibility index (Phi) is 5.95. The maximum atomic E-state index is 12.4. The van der Waals surface area contributed by atoms with E-state index in [0.29, 0.717) is 5.69 Å². The number of hydrogen-bond donors (Lipinski definition) is 0. The lowest BCUT2D eigenvalue weighted by atomic mass is 10.1. The Morgan fingerprint density at radius 3 is 2.15 bits per heavy atom. The number of rotatable bonds is 4. The van der Waals surface area contributed by atoms with E-state index >= 15 is 0 Å². The van der Waals surface area contributed by atoms with E-state index < -0.39 is 17.9 Å². The van der Waals surface area contributed by atoms with E-state index in [9.17, 15) is 14.4 Å². The molecule has 0 aliphatic carbocycles. The molecule has 0 aromatic heterocycles. The lowest BCUT2D eigenvalue weighted by molar-refractivity contribution is -0.139. The summed E-state index contributed by atoms with van der Waals surface area (Å²) in [4.78, 5) is 38.2. The summed E-state index contributed by atoms with van der Waals surface area (Å²) in [5, 5.41) is 0. The molecule has 0 atom stereocenters. The molecule has 0 bridgehead atoms. The highest BCUT2D eigenvalue weighted by Gasteiger charge is 2.29. The fourth-order valence-electron chi connectivity index (χ4n) is 2.48. The fourth-order valence-corrected chi connectivity index (χ4v) is 2.48. The molecule has 0 radical (unpaired) electrons. The Morgan fingerprint density at radius 2 is 1.54 bits per heavy atom. The van der Waals surface area contributed by atoms with Crippen molar-refractivity contribution in [3.63, 3.8) is 0 Å². The summed E-state index contributed by atoms with van der Waals surface area (Å²) < 4.78 is 14.5. The number of methoxy groups -OCH3 is 3. The van der Waals surface area contributed by atoms with Gasteiger partial charge in [0.05, 0.1) is 38.2 Å². The second-order valence-corrected chi connectivity index (χ2v) is 5.33. The molecule has 2 rings (SSSR count). The SMILES string of the molecule is COC(=O)C1=C(C(=O)OC)N(c2ccc(C)cc2C(=O)OC)C=CC=C1. The van der Waals surface area contributed by atoms with Gasteiger partial charge in [-0.25, -0.2) is 14.4 Å². The van der Waals surface area contributed by atoms with Gasteiger partial charge in [0, 0.05) is 6.20 Å². The van der Waals surface area contributed by atoms with Gasteiger partial charge in [-0.2, -0.15) is 0 Å². The Bertz CT molecular complexity index is 834. The minimum atomic E-state index is -0.752. The number of allylic oxidation sites excluding steroid dienone is 2. The highest BCUT2D eigenvalue weighted by atomic mass is 16.5. The number of anilines is 1. The standard InChI is InChI=1S/C19H19NO6/c1-12-8-9-15(14(11-12)18(22)25-3)20-10-6-5-7-13(17(21)24-2)16(20)19(23)26-4/h5-11H,1-4H3. The summed E-state index contributed by atoms with van der Waals surface area (Å²) in [6.45, 7) is 1.83. The van der Waals surface area contributed by atoms with Gasteiger partial charge in [-0.3, -0.25) is 0 Å². The second kappa shape index (κ2) is 8.15. The summed E-state index contributed by atoms with van der Waals surface area (Å²) in [5.41, 5.74) is 1.37. The highest BCUT2D eigenvalue weighted by molar-refractivity contribution is 6.07. The minimum Gasteiger partial charge on any atom is -0.465 e. The van der Waals surface area contributed by atoms with E-state index in [-0.39, 0.29) is 16.8 Å². The molecule has 0 unspecified atom stereocenters. The normalized spacial score (nSPS) is 13.3. The van der Waals surface area contributed by atoms with Crippen LogP contribution in [-0.2, 0) is 23.8 Å². The third kappa shape index (κ3) is 3.66. The van der Waals surface area contributed by atoms with E-state index in [1.807, 2.05) is 6.92 Å². The molecule has 1 aliphatic rings. The van der Waals surface area contributed by atoms with Crippen molar-refractivity contribution in [3.8, 4) is 0 Å². The van der Waals surface area contributed by atoms with Crippen LogP contribution in [-0.4, -0.2) is 39.2 Å². The van der Waals surface area contributed by atoms with Crippen molar-refractivity contribution in [2.75, 3.05) is 26.2 Å². The predicted molar refractivity (Wildman–Crippen MR) is 94.3 cm³/mol. The maximum Gasteiger partial charge on any atom is 0.355 e. The third-order valence-corrected chi connectivity index (χ3v) is 3.71. The van der Waals surface area contributed by atoms with Crippen LogP contribution in [0.25, 0.3) is 0 Å². The minimum absolute atomic E-state index is 0.000686. The average molecular weight is 357 g/mol. The molecule has 0 fully saturated rings. The smallest absolute Gasteiger partial charge is 0.355 e. The molecule has 0 N–H and O–H groups in total. The zero-order chi connectivity index (χ0) is 19.3. The topological polar surface area (TPSA) is 82.1 Å². The second-order valence-electron chi connectivity index (χ2n) is 5.33. The van der Waals surface area contributed by atoms with E-state index in [1.165, 1.54) is 32.3 Å². The van der Waals surface area contributed by atoms with E-state index in [0.717, 1.165) is 5.56 Å². The summed E-state index contributed by atoms with van der Waals surface area (Å²) in [6, 6.07) is 5.08. The van der Waals surface area contributed by atoms with Crippen LogP contribution in [0.15, 0.2) is 53.9 Å². The Labute approximate surface area is 151 Å². The van der Waals surface area contributed by atoms with Crippen LogP contribution in [0.5, 0.6) is 0 Å². The molecule has 136 valence electrons. The lowest BCUT2D eigenvalue weighted by Crippen LogP contribution is -2.28. The number of ether oxygens (including phenoxy) is 3. The molecular formula is C19H19NO6. The first kappa shape index (κ1) is 19.0. The third-order valence-electron chi connectivity index (χ3n) is 3.71. The van der Waals surface area contributed by atoms with Crippen molar-refractivity contribution in [2.24, 2.45) is 0 Å². The largest absolute Gasteiger partial charge is 0.465 e. The summed E-state index contributed by atoms with van der Waals surface area (Å²) in [7, 11) is 3.69. The van der Waals surface area contributed by atoms with Gasteiger partial charge >= 0.3 is 17.9 Å². The zero-order valence-corrected chi connectivity index (χ0v) is 14.9. The number of carbonyl (C=O) groups excluding carboxylic acids is 3. The first-order valence-electron chi connectivity index (χ1n) is 7.68. The first-order valence-corrected chi connectivity index (χ1v) is 7.68. The molecule has 0 amide bonds. The molecule has 7 nitrogen and oxygen atoms in total. The van der Waals surface area contributed by atoms with Crippen molar-refractivity contribution in [1.29, 1.82) is 0 Å². The van der Waals surface area contributed by atoms with Gasteiger partial charge in [0.2, 0.25) is 0 Å². The predicted octanol–water partition coefficient (Wildman–Crippen LogP) is 2.27. The lowest BCUT2D eigenvalue weighted by Gasteiger charge is -2.25. The van der Waals surface area contributed by atoms with Gasteiger partial charge in [0.15, 0.2) is 0 Å². The van der Waals surface area contributed by atoms with Gasteiger partial charge in [0.1, 0.15) is 5.70 Å². The van der Waals surface area contributed by atoms with Crippen LogP contribution in [0.4, 0.5) is 5.69 Å². The number of hydrogen-bond acceptors (Lipinski definition) is 7. The van der Waals surface area contributed by atoms with Crippen molar-refractivity contribution in [2.45, 2.75) is 6.92 Å². The molecule has 1 aromatic carbocycles. The van der Waals surface area contributed by atoms with Crippen LogP contribution >= 0.6 is 0 Å². The van der Waals surface area contributed by atoms with Crippen molar-refractivity contribution in [3.05, 3.63) is 65.0 Å². The molecule has 1 heterocycles. The Balaban J connectivity index is 2.76. The van der Waals surface area contributed by atoms with Crippen molar-refractivity contribution in [1.82, 2.24) is 0 Å². The molecule has 1 aliphatic heterocycles.